The summed E-state index contributed by atoms with van der Waals surface area (Å²) in [6.45, 7) is 3.88. The van der Waals surface area contributed by atoms with Crippen LogP contribution >= 0.6 is 0 Å². The first kappa shape index (κ1) is 15.2. The minimum atomic E-state index is 0.196. The number of aromatic nitrogens is 2. The van der Waals surface area contributed by atoms with Crippen LogP contribution in [0.15, 0.2) is 12.4 Å². The molecule has 1 saturated carbocycles. The monoisotopic (exact) mass is 279 g/mol. The third-order valence-electron chi connectivity index (χ3n) is 3.59. The minimum Gasteiger partial charge on any atom is -0.473 e. The number of nitrogens with one attached hydrogen (secondary N) is 1. The van der Waals surface area contributed by atoms with Gasteiger partial charge in [-0.2, -0.15) is 0 Å². The van der Waals surface area contributed by atoms with Crippen molar-refractivity contribution in [1.29, 1.82) is 0 Å². The molecular weight excluding hydrogens is 254 g/mol. The summed E-state index contributed by atoms with van der Waals surface area (Å²) in [7, 11) is 1.77. The molecule has 1 aliphatic rings. The van der Waals surface area contributed by atoms with Crippen LogP contribution in [-0.4, -0.2) is 35.8 Å². The van der Waals surface area contributed by atoms with Gasteiger partial charge in [0.15, 0.2) is 0 Å². The van der Waals surface area contributed by atoms with Gasteiger partial charge in [-0.05, 0) is 32.2 Å². The molecule has 0 aromatic carbocycles. The second-order valence-electron chi connectivity index (χ2n) is 5.29. The lowest BCUT2D eigenvalue weighted by atomic mass is 9.95. The number of rotatable bonds is 7. The molecule has 1 aromatic heterocycles. The average molecular weight is 279 g/mol. The van der Waals surface area contributed by atoms with Crippen LogP contribution in [0.5, 0.6) is 5.88 Å². The van der Waals surface area contributed by atoms with Gasteiger partial charge in [-0.25, -0.2) is 4.98 Å². The van der Waals surface area contributed by atoms with Gasteiger partial charge in [0, 0.05) is 26.3 Å². The van der Waals surface area contributed by atoms with E-state index >= 15 is 0 Å². The zero-order valence-electron chi connectivity index (χ0n) is 12.5. The highest BCUT2D eigenvalue weighted by Gasteiger charge is 2.23. The first-order valence-electron chi connectivity index (χ1n) is 7.53. The van der Waals surface area contributed by atoms with Crippen LogP contribution < -0.4 is 10.1 Å². The van der Waals surface area contributed by atoms with E-state index in [0.29, 0.717) is 12.0 Å². The van der Waals surface area contributed by atoms with Gasteiger partial charge in [-0.3, -0.25) is 4.98 Å². The fourth-order valence-electron chi connectivity index (χ4n) is 2.52. The summed E-state index contributed by atoms with van der Waals surface area (Å²) in [5.41, 5.74) is 0.926. The van der Waals surface area contributed by atoms with Crippen molar-refractivity contribution in [3.05, 3.63) is 18.1 Å². The van der Waals surface area contributed by atoms with E-state index < -0.39 is 0 Å². The summed E-state index contributed by atoms with van der Waals surface area (Å²) in [4.78, 5) is 8.71. The number of ether oxygens (including phenoxy) is 2. The van der Waals surface area contributed by atoms with Crippen molar-refractivity contribution in [2.45, 2.75) is 57.8 Å². The van der Waals surface area contributed by atoms with Crippen molar-refractivity contribution < 1.29 is 9.47 Å². The van der Waals surface area contributed by atoms with E-state index in [4.69, 9.17) is 9.47 Å². The van der Waals surface area contributed by atoms with Crippen molar-refractivity contribution in [2.75, 3.05) is 13.7 Å². The molecule has 5 heteroatoms. The highest BCUT2D eigenvalue weighted by Crippen LogP contribution is 2.24. The Bertz CT molecular complexity index is 400. The molecule has 1 fully saturated rings. The third kappa shape index (κ3) is 4.72. The zero-order valence-corrected chi connectivity index (χ0v) is 12.5. The van der Waals surface area contributed by atoms with Gasteiger partial charge in [0.1, 0.15) is 6.10 Å². The molecule has 0 bridgehead atoms. The fraction of sp³-hybridized carbons (Fsp3) is 0.733. The summed E-state index contributed by atoms with van der Waals surface area (Å²) in [6, 6.07) is 0. The van der Waals surface area contributed by atoms with Gasteiger partial charge in [0.2, 0.25) is 5.88 Å². The van der Waals surface area contributed by atoms with Gasteiger partial charge >= 0.3 is 0 Å². The molecule has 2 atom stereocenters. The van der Waals surface area contributed by atoms with Crippen molar-refractivity contribution >= 4 is 0 Å². The summed E-state index contributed by atoms with van der Waals surface area (Å²) in [6.07, 6.45) is 9.39. The molecule has 1 N–H and O–H groups in total. The van der Waals surface area contributed by atoms with Gasteiger partial charge in [0.05, 0.1) is 18.0 Å². The van der Waals surface area contributed by atoms with Crippen molar-refractivity contribution in [1.82, 2.24) is 15.3 Å². The fourth-order valence-corrected chi connectivity index (χ4v) is 2.52. The van der Waals surface area contributed by atoms with Crippen LogP contribution in [0.25, 0.3) is 0 Å². The van der Waals surface area contributed by atoms with E-state index in [9.17, 15) is 0 Å². The highest BCUT2D eigenvalue weighted by atomic mass is 16.5. The van der Waals surface area contributed by atoms with E-state index in [1.54, 1.807) is 19.5 Å². The molecule has 5 nitrogen and oxygen atoms in total. The number of nitrogens with zero attached hydrogens (tertiary/aromatic N) is 2. The molecule has 0 aliphatic heterocycles. The number of hydrogen-bond acceptors (Lipinski definition) is 5. The molecule has 1 heterocycles. The summed E-state index contributed by atoms with van der Waals surface area (Å²) >= 11 is 0. The standard InChI is InChI=1S/C15H25N3O2/c1-3-7-16-9-12-10-17-11-15(18-12)20-14-6-4-5-13(8-14)19-2/h10-11,13-14,16H,3-9H2,1-2H3. The minimum absolute atomic E-state index is 0.196. The summed E-state index contributed by atoms with van der Waals surface area (Å²) in [5, 5.41) is 3.32. The Kier molecular flexibility index (Phi) is 6.21. The Labute approximate surface area is 121 Å². The maximum absolute atomic E-state index is 5.95. The molecule has 1 aromatic rings. The van der Waals surface area contributed by atoms with Crippen LogP contribution in [0.4, 0.5) is 0 Å². The number of hydrogen-bond donors (Lipinski definition) is 1. The molecule has 2 unspecified atom stereocenters. The molecule has 1 aliphatic carbocycles. The second kappa shape index (κ2) is 8.17. The molecule has 2 rings (SSSR count). The van der Waals surface area contributed by atoms with Crippen LogP contribution in [-0.2, 0) is 11.3 Å². The molecule has 0 saturated heterocycles. The molecule has 0 amide bonds. The predicted molar refractivity (Wildman–Crippen MR) is 77.7 cm³/mol. The first-order chi connectivity index (χ1) is 9.81. The Morgan fingerprint density at radius 3 is 2.95 bits per heavy atom. The first-order valence-corrected chi connectivity index (χ1v) is 7.53. The van der Waals surface area contributed by atoms with Gasteiger partial charge in [-0.15, -0.1) is 0 Å². The summed E-state index contributed by atoms with van der Waals surface area (Å²) < 4.78 is 11.4. The SMILES string of the molecule is CCCNCc1cncc(OC2CCCC(OC)C2)n1. The largest absolute Gasteiger partial charge is 0.473 e. The molecule has 0 spiro atoms. The quantitative estimate of drug-likeness (QED) is 0.776. The molecule has 20 heavy (non-hydrogen) atoms. The molecular formula is C15H25N3O2. The Hall–Kier alpha value is -1.20. The average Bonchev–Trinajstić information content (AvgIpc) is 2.48. The normalized spacial score (nSPS) is 22.7. The highest BCUT2D eigenvalue weighted by molar-refractivity contribution is 5.09. The van der Waals surface area contributed by atoms with E-state index in [0.717, 1.165) is 50.9 Å². The zero-order chi connectivity index (χ0) is 14.2. The molecule has 0 radical (unpaired) electrons. The van der Waals surface area contributed by atoms with Gasteiger partial charge in [0.25, 0.3) is 0 Å². The van der Waals surface area contributed by atoms with Crippen LogP contribution in [0, 0.1) is 0 Å². The molecule has 112 valence electrons. The topological polar surface area (TPSA) is 56.3 Å². The van der Waals surface area contributed by atoms with Gasteiger partial charge < -0.3 is 14.8 Å². The van der Waals surface area contributed by atoms with Crippen molar-refractivity contribution in [2.24, 2.45) is 0 Å². The second-order valence-corrected chi connectivity index (χ2v) is 5.29. The van der Waals surface area contributed by atoms with Crippen molar-refractivity contribution in [3.63, 3.8) is 0 Å². The lowest BCUT2D eigenvalue weighted by molar-refractivity contribution is 0.0193. The Balaban J connectivity index is 1.87. The maximum atomic E-state index is 5.95. The smallest absolute Gasteiger partial charge is 0.232 e. The summed E-state index contributed by atoms with van der Waals surface area (Å²) in [5.74, 6) is 0.627. The van der Waals surface area contributed by atoms with Crippen LogP contribution in [0.1, 0.15) is 44.7 Å². The van der Waals surface area contributed by atoms with E-state index in [1.165, 1.54) is 0 Å². The lowest BCUT2D eigenvalue weighted by Crippen LogP contribution is -2.29. The van der Waals surface area contributed by atoms with Gasteiger partial charge in [-0.1, -0.05) is 6.92 Å². The lowest BCUT2D eigenvalue weighted by Gasteiger charge is -2.28. The third-order valence-corrected chi connectivity index (χ3v) is 3.59. The van der Waals surface area contributed by atoms with E-state index in [1.807, 2.05) is 0 Å². The Morgan fingerprint density at radius 2 is 2.15 bits per heavy atom. The maximum Gasteiger partial charge on any atom is 0.232 e. The number of methoxy groups -OCH3 is 1. The Morgan fingerprint density at radius 1 is 1.30 bits per heavy atom. The van der Waals surface area contributed by atoms with E-state index in [-0.39, 0.29) is 6.10 Å². The van der Waals surface area contributed by atoms with Crippen LogP contribution in [0.3, 0.4) is 0 Å². The van der Waals surface area contributed by atoms with Crippen molar-refractivity contribution in [3.8, 4) is 5.88 Å². The van der Waals surface area contributed by atoms with E-state index in [2.05, 4.69) is 22.2 Å². The predicted octanol–water partition coefficient (Wildman–Crippen LogP) is 2.31. The van der Waals surface area contributed by atoms with Crippen LogP contribution in [0.2, 0.25) is 0 Å².